The van der Waals surface area contributed by atoms with Gasteiger partial charge in [-0.1, -0.05) is 5.92 Å². The lowest BCUT2D eigenvalue weighted by Gasteiger charge is -2.37. The topological polar surface area (TPSA) is 64.4 Å². The van der Waals surface area contributed by atoms with Gasteiger partial charge in [0.2, 0.25) is 5.91 Å². The van der Waals surface area contributed by atoms with Crippen molar-refractivity contribution in [2.24, 2.45) is 13.0 Å². The number of aryl methyl sites for hydroxylation is 1. The molecule has 0 radical (unpaired) electrons. The minimum Gasteiger partial charge on any atom is -0.452 e. The molecule has 0 bridgehead atoms. The quantitative estimate of drug-likeness (QED) is 0.595. The standard InChI is InChI=1S/C14H17N3O3/c1-4-7-20-14(19)11-5-6-12(18)17(3)13(11)10-8-15-16(2)9-10/h1,8-9,11,13H,5-7H2,2-3H3/t11-,13+/m1/s1. The lowest BCUT2D eigenvalue weighted by molar-refractivity contribution is -0.155. The number of aromatic nitrogens is 2. The van der Waals surface area contributed by atoms with Gasteiger partial charge in [-0.05, 0) is 6.42 Å². The Hall–Kier alpha value is -2.29. The Kier molecular flexibility index (Phi) is 4.08. The first-order valence-electron chi connectivity index (χ1n) is 6.39. The van der Waals surface area contributed by atoms with Crippen molar-refractivity contribution < 1.29 is 14.3 Å². The van der Waals surface area contributed by atoms with Gasteiger partial charge in [0.1, 0.15) is 0 Å². The van der Waals surface area contributed by atoms with E-state index < -0.39 is 5.92 Å². The summed E-state index contributed by atoms with van der Waals surface area (Å²) in [5.41, 5.74) is 0.825. The maximum Gasteiger partial charge on any atom is 0.312 e. The van der Waals surface area contributed by atoms with Crippen molar-refractivity contribution in [3.63, 3.8) is 0 Å². The van der Waals surface area contributed by atoms with Crippen LogP contribution in [0.2, 0.25) is 0 Å². The van der Waals surface area contributed by atoms with Crippen LogP contribution in [0.1, 0.15) is 24.4 Å². The van der Waals surface area contributed by atoms with E-state index in [1.54, 1.807) is 36.1 Å². The Labute approximate surface area is 117 Å². The molecule has 2 atom stereocenters. The summed E-state index contributed by atoms with van der Waals surface area (Å²) in [6, 6.07) is -0.352. The molecule has 20 heavy (non-hydrogen) atoms. The fraction of sp³-hybridized carbons (Fsp3) is 0.500. The highest BCUT2D eigenvalue weighted by Gasteiger charge is 2.40. The van der Waals surface area contributed by atoms with E-state index in [1.807, 2.05) is 0 Å². The molecular weight excluding hydrogens is 258 g/mol. The molecule has 1 fully saturated rings. The number of esters is 1. The number of likely N-dealkylation sites (tertiary alicyclic amines) is 1. The van der Waals surface area contributed by atoms with E-state index in [1.165, 1.54) is 0 Å². The minimum atomic E-state index is -0.407. The third-order valence-electron chi connectivity index (χ3n) is 3.53. The third-order valence-corrected chi connectivity index (χ3v) is 3.53. The van der Waals surface area contributed by atoms with Gasteiger partial charge in [-0.25, -0.2) is 0 Å². The number of ether oxygens (including phenoxy) is 1. The second-order valence-electron chi connectivity index (χ2n) is 4.85. The van der Waals surface area contributed by atoms with Crippen LogP contribution >= 0.6 is 0 Å². The van der Waals surface area contributed by atoms with Gasteiger partial charge in [-0.2, -0.15) is 5.10 Å². The SMILES string of the molecule is C#CCOC(=O)[C@@H]1CCC(=O)N(C)[C@H]1c1cnn(C)c1. The van der Waals surface area contributed by atoms with Gasteiger partial charge in [-0.15, -0.1) is 6.42 Å². The maximum atomic E-state index is 12.1. The average molecular weight is 275 g/mol. The molecule has 1 aliphatic heterocycles. The van der Waals surface area contributed by atoms with Crippen LogP contribution in [0.15, 0.2) is 12.4 Å². The lowest BCUT2D eigenvalue weighted by atomic mass is 9.86. The van der Waals surface area contributed by atoms with Crippen LogP contribution in [-0.4, -0.2) is 40.2 Å². The van der Waals surface area contributed by atoms with Crippen LogP contribution in [0.25, 0.3) is 0 Å². The Balaban J connectivity index is 2.26. The van der Waals surface area contributed by atoms with Crippen molar-refractivity contribution in [1.29, 1.82) is 0 Å². The highest BCUT2D eigenvalue weighted by molar-refractivity contribution is 5.82. The third kappa shape index (κ3) is 2.67. The van der Waals surface area contributed by atoms with Gasteiger partial charge in [0.25, 0.3) is 0 Å². The summed E-state index contributed by atoms with van der Waals surface area (Å²) >= 11 is 0. The Morgan fingerprint density at radius 2 is 2.35 bits per heavy atom. The van der Waals surface area contributed by atoms with Crippen molar-refractivity contribution in [3.8, 4) is 12.3 Å². The van der Waals surface area contributed by atoms with Crippen LogP contribution in [0, 0.1) is 18.3 Å². The molecule has 106 valence electrons. The highest BCUT2D eigenvalue weighted by atomic mass is 16.5. The van der Waals surface area contributed by atoms with Crippen molar-refractivity contribution in [2.45, 2.75) is 18.9 Å². The van der Waals surface area contributed by atoms with E-state index in [0.29, 0.717) is 12.8 Å². The molecule has 2 rings (SSSR count). The number of rotatable bonds is 3. The smallest absolute Gasteiger partial charge is 0.312 e. The zero-order valence-corrected chi connectivity index (χ0v) is 11.6. The summed E-state index contributed by atoms with van der Waals surface area (Å²) < 4.78 is 6.68. The number of carbonyl (C=O) groups is 2. The molecule has 6 heteroatoms. The van der Waals surface area contributed by atoms with E-state index in [9.17, 15) is 9.59 Å². The predicted octanol–water partition coefficient (Wildman–Crippen LogP) is 0.506. The molecule has 0 aromatic carbocycles. The molecule has 6 nitrogen and oxygen atoms in total. The summed E-state index contributed by atoms with van der Waals surface area (Å²) in [6.45, 7) is -0.0489. The molecule has 1 amide bonds. The lowest BCUT2D eigenvalue weighted by Crippen LogP contribution is -2.43. The first-order valence-corrected chi connectivity index (χ1v) is 6.39. The Bertz CT molecular complexity index is 558. The van der Waals surface area contributed by atoms with Gasteiger partial charge >= 0.3 is 5.97 Å². The number of piperidine rings is 1. The van der Waals surface area contributed by atoms with E-state index >= 15 is 0 Å². The van der Waals surface area contributed by atoms with E-state index in [2.05, 4.69) is 11.0 Å². The summed E-state index contributed by atoms with van der Waals surface area (Å²) in [6.07, 6.45) is 9.38. The van der Waals surface area contributed by atoms with Crippen molar-refractivity contribution in [3.05, 3.63) is 18.0 Å². The maximum absolute atomic E-state index is 12.1. The van der Waals surface area contributed by atoms with Crippen molar-refractivity contribution >= 4 is 11.9 Å². The average Bonchev–Trinajstić information content (AvgIpc) is 2.85. The minimum absolute atomic E-state index is 0.0138. The second kappa shape index (κ2) is 5.78. The molecule has 0 saturated carbocycles. The molecular formula is C14H17N3O3. The first kappa shape index (κ1) is 14.1. The molecule has 1 aromatic rings. The number of amides is 1. The highest BCUT2D eigenvalue weighted by Crippen LogP contribution is 2.36. The molecule has 1 aliphatic rings. The number of carbonyl (C=O) groups excluding carboxylic acids is 2. The number of hydrogen-bond acceptors (Lipinski definition) is 4. The van der Waals surface area contributed by atoms with Crippen LogP contribution in [-0.2, 0) is 21.4 Å². The summed E-state index contributed by atoms with van der Waals surface area (Å²) in [4.78, 5) is 25.6. The van der Waals surface area contributed by atoms with E-state index in [4.69, 9.17) is 11.2 Å². The largest absolute Gasteiger partial charge is 0.452 e. The number of terminal acetylenes is 1. The first-order chi connectivity index (χ1) is 9.54. The molecule has 0 N–H and O–H groups in total. The predicted molar refractivity (Wildman–Crippen MR) is 71.2 cm³/mol. The van der Waals surface area contributed by atoms with Gasteiger partial charge < -0.3 is 9.64 Å². The summed E-state index contributed by atoms with van der Waals surface area (Å²) in [5.74, 6) is 1.52. The zero-order valence-electron chi connectivity index (χ0n) is 11.6. The van der Waals surface area contributed by atoms with E-state index in [-0.39, 0.29) is 24.5 Å². The monoisotopic (exact) mass is 275 g/mol. The fourth-order valence-corrected chi connectivity index (χ4v) is 2.55. The van der Waals surface area contributed by atoms with Gasteiger partial charge in [0.05, 0.1) is 18.2 Å². The zero-order chi connectivity index (χ0) is 14.7. The van der Waals surface area contributed by atoms with Crippen LogP contribution in [0.4, 0.5) is 0 Å². The molecule has 0 aliphatic carbocycles. The van der Waals surface area contributed by atoms with Crippen LogP contribution in [0.3, 0.4) is 0 Å². The molecule has 0 unspecified atom stereocenters. The molecule has 2 heterocycles. The fourth-order valence-electron chi connectivity index (χ4n) is 2.55. The molecule has 0 spiro atoms. The number of hydrogen-bond donors (Lipinski definition) is 0. The van der Waals surface area contributed by atoms with Gasteiger partial charge in [-0.3, -0.25) is 14.3 Å². The van der Waals surface area contributed by atoms with Gasteiger partial charge in [0, 0.05) is 32.3 Å². The second-order valence-corrected chi connectivity index (χ2v) is 4.85. The molecule has 1 saturated heterocycles. The summed E-state index contributed by atoms with van der Waals surface area (Å²) in [5, 5.41) is 4.10. The van der Waals surface area contributed by atoms with Crippen LogP contribution in [0.5, 0.6) is 0 Å². The Morgan fingerprint density at radius 1 is 1.60 bits per heavy atom. The normalized spacial score (nSPS) is 22.4. The summed E-state index contributed by atoms with van der Waals surface area (Å²) in [7, 11) is 3.49. The van der Waals surface area contributed by atoms with Crippen LogP contribution < -0.4 is 0 Å². The van der Waals surface area contributed by atoms with E-state index in [0.717, 1.165) is 5.56 Å². The van der Waals surface area contributed by atoms with Crippen molar-refractivity contribution in [2.75, 3.05) is 13.7 Å². The number of nitrogens with zero attached hydrogens (tertiary/aromatic N) is 3. The Morgan fingerprint density at radius 3 is 2.95 bits per heavy atom. The van der Waals surface area contributed by atoms with Crippen molar-refractivity contribution in [1.82, 2.24) is 14.7 Å². The van der Waals surface area contributed by atoms with Gasteiger partial charge in [0.15, 0.2) is 6.61 Å². The molecule has 1 aromatic heterocycles.